The van der Waals surface area contributed by atoms with E-state index in [2.05, 4.69) is 24.1 Å². The molecule has 3 heteroatoms. The van der Waals surface area contributed by atoms with Crippen LogP contribution in [0.5, 0.6) is 0 Å². The first kappa shape index (κ1) is 16.1. The lowest BCUT2D eigenvalue weighted by atomic mass is 9.86. The summed E-state index contributed by atoms with van der Waals surface area (Å²) < 4.78 is 0. The molecule has 0 radical (unpaired) electrons. The summed E-state index contributed by atoms with van der Waals surface area (Å²) in [5.74, 6) is 1.67. The maximum Gasteiger partial charge on any atom is 0.0605 e. The van der Waals surface area contributed by atoms with Gasteiger partial charge in [-0.3, -0.25) is 10.2 Å². The Kier molecular flexibility index (Phi) is 5.50. The second kappa shape index (κ2) is 7.19. The van der Waals surface area contributed by atoms with Crippen molar-refractivity contribution in [2.24, 2.45) is 11.8 Å². The van der Waals surface area contributed by atoms with Crippen LogP contribution in [0, 0.1) is 11.8 Å². The van der Waals surface area contributed by atoms with E-state index < -0.39 is 0 Å². The standard InChI is InChI=1S/C18H33ClN2/c1-13(2)11-18-20-16-5-3-4-6-17(16)21(18)12-14-7-9-15(19)10-8-14/h13-18,20H,3-12H2,1-2H3. The molecule has 0 amide bonds. The zero-order valence-electron chi connectivity index (χ0n) is 13.9. The molecule has 2 saturated carbocycles. The largest absolute Gasteiger partial charge is 0.297 e. The molecule has 3 aliphatic rings. The Morgan fingerprint density at radius 2 is 1.76 bits per heavy atom. The first-order chi connectivity index (χ1) is 10.1. The molecule has 2 aliphatic carbocycles. The second-order valence-electron chi connectivity index (χ2n) is 8.09. The minimum Gasteiger partial charge on any atom is -0.297 e. The normalized spacial score (nSPS) is 41.4. The van der Waals surface area contributed by atoms with Gasteiger partial charge in [0, 0.05) is 24.0 Å². The predicted octanol–water partition coefficient (Wildman–Crippen LogP) is 4.37. The second-order valence-corrected chi connectivity index (χ2v) is 8.70. The van der Waals surface area contributed by atoms with Crippen molar-refractivity contribution in [1.29, 1.82) is 0 Å². The monoisotopic (exact) mass is 312 g/mol. The Morgan fingerprint density at radius 1 is 1.05 bits per heavy atom. The van der Waals surface area contributed by atoms with Gasteiger partial charge >= 0.3 is 0 Å². The zero-order valence-corrected chi connectivity index (χ0v) is 14.6. The minimum absolute atomic E-state index is 0.451. The number of hydrogen-bond donors (Lipinski definition) is 1. The van der Waals surface area contributed by atoms with E-state index in [1.807, 2.05) is 0 Å². The number of alkyl halides is 1. The fourth-order valence-electron chi connectivity index (χ4n) is 4.79. The van der Waals surface area contributed by atoms with Crippen LogP contribution >= 0.6 is 11.6 Å². The molecule has 1 aliphatic heterocycles. The van der Waals surface area contributed by atoms with Crippen LogP contribution < -0.4 is 5.32 Å². The van der Waals surface area contributed by atoms with Crippen LogP contribution in [0.25, 0.3) is 0 Å². The van der Waals surface area contributed by atoms with E-state index in [1.165, 1.54) is 64.3 Å². The van der Waals surface area contributed by atoms with Crippen LogP contribution in [0.3, 0.4) is 0 Å². The Labute approximate surface area is 136 Å². The van der Waals surface area contributed by atoms with Crippen molar-refractivity contribution in [1.82, 2.24) is 10.2 Å². The molecule has 2 nitrogen and oxygen atoms in total. The number of hydrogen-bond acceptors (Lipinski definition) is 2. The Morgan fingerprint density at radius 3 is 2.48 bits per heavy atom. The highest BCUT2D eigenvalue weighted by atomic mass is 35.5. The minimum atomic E-state index is 0.451. The van der Waals surface area contributed by atoms with Crippen molar-refractivity contribution in [2.75, 3.05) is 6.54 Å². The molecule has 1 saturated heterocycles. The maximum absolute atomic E-state index is 6.28. The highest BCUT2D eigenvalue weighted by Gasteiger charge is 2.42. The lowest BCUT2D eigenvalue weighted by Crippen LogP contribution is -2.44. The summed E-state index contributed by atoms with van der Waals surface area (Å²) >= 11 is 6.28. The van der Waals surface area contributed by atoms with Gasteiger partial charge in [0.1, 0.15) is 0 Å². The molecule has 3 unspecified atom stereocenters. The molecule has 3 fully saturated rings. The van der Waals surface area contributed by atoms with Gasteiger partial charge in [-0.25, -0.2) is 0 Å². The first-order valence-corrected chi connectivity index (χ1v) is 9.73. The van der Waals surface area contributed by atoms with Crippen LogP contribution in [-0.4, -0.2) is 35.1 Å². The van der Waals surface area contributed by atoms with Gasteiger partial charge in [0.15, 0.2) is 0 Å². The van der Waals surface area contributed by atoms with Gasteiger partial charge in [0.2, 0.25) is 0 Å². The Hall–Kier alpha value is 0.210. The molecular formula is C18H33ClN2. The lowest BCUT2D eigenvalue weighted by Gasteiger charge is -2.37. The smallest absolute Gasteiger partial charge is 0.0605 e. The molecule has 1 heterocycles. The number of halogens is 1. The Balaban J connectivity index is 1.63. The highest BCUT2D eigenvalue weighted by Crippen LogP contribution is 2.35. The third-order valence-corrected chi connectivity index (χ3v) is 6.34. The van der Waals surface area contributed by atoms with Gasteiger partial charge in [0.25, 0.3) is 0 Å². The summed E-state index contributed by atoms with van der Waals surface area (Å²) in [6.45, 7) is 6.04. The van der Waals surface area contributed by atoms with Gasteiger partial charge in [-0.1, -0.05) is 26.7 Å². The topological polar surface area (TPSA) is 15.3 Å². The van der Waals surface area contributed by atoms with Crippen LogP contribution in [0.2, 0.25) is 0 Å². The summed E-state index contributed by atoms with van der Waals surface area (Å²) in [7, 11) is 0. The first-order valence-electron chi connectivity index (χ1n) is 9.29. The van der Waals surface area contributed by atoms with Gasteiger partial charge < -0.3 is 0 Å². The van der Waals surface area contributed by atoms with Crippen molar-refractivity contribution in [3.8, 4) is 0 Å². The van der Waals surface area contributed by atoms with Gasteiger partial charge in [0.05, 0.1) is 6.17 Å². The average molecular weight is 313 g/mol. The summed E-state index contributed by atoms with van der Waals surface area (Å²) in [5.41, 5.74) is 0. The van der Waals surface area contributed by atoms with Gasteiger partial charge in [-0.2, -0.15) is 0 Å². The number of nitrogens with zero attached hydrogens (tertiary/aromatic N) is 1. The van der Waals surface area contributed by atoms with E-state index in [1.54, 1.807) is 0 Å². The molecule has 21 heavy (non-hydrogen) atoms. The summed E-state index contributed by atoms with van der Waals surface area (Å²) in [6, 6.07) is 1.59. The molecule has 1 N–H and O–H groups in total. The van der Waals surface area contributed by atoms with Crippen molar-refractivity contribution >= 4 is 11.6 Å². The third-order valence-electron chi connectivity index (χ3n) is 5.90. The van der Waals surface area contributed by atoms with Crippen LogP contribution in [0.4, 0.5) is 0 Å². The number of nitrogens with one attached hydrogen (secondary N) is 1. The molecular weight excluding hydrogens is 280 g/mol. The molecule has 122 valence electrons. The van der Waals surface area contributed by atoms with Crippen LogP contribution in [0.1, 0.15) is 71.6 Å². The van der Waals surface area contributed by atoms with E-state index in [-0.39, 0.29) is 0 Å². The van der Waals surface area contributed by atoms with E-state index in [9.17, 15) is 0 Å². The lowest BCUT2D eigenvalue weighted by molar-refractivity contribution is 0.114. The van der Waals surface area contributed by atoms with Crippen molar-refractivity contribution in [3.05, 3.63) is 0 Å². The van der Waals surface area contributed by atoms with E-state index in [4.69, 9.17) is 11.6 Å². The van der Waals surface area contributed by atoms with Crippen molar-refractivity contribution < 1.29 is 0 Å². The fourth-order valence-corrected chi connectivity index (χ4v) is 5.04. The highest BCUT2D eigenvalue weighted by molar-refractivity contribution is 6.20. The van der Waals surface area contributed by atoms with Crippen molar-refractivity contribution in [3.63, 3.8) is 0 Å². The molecule has 3 atom stereocenters. The zero-order chi connectivity index (χ0) is 14.8. The third kappa shape index (κ3) is 3.95. The summed E-state index contributed by atoms with van der Waals surface area (Å²) in [4.78, 5) is 2.86. The maximum atomic E-state index is 6.28. The van der Waals surface area contributed by atoms with Crippen LogP contribution in [-0.2, 0) is 0 Å². The van der Waals surface area contributed by atoms with Crippen molar-refractivity contribution in [2.45, 2.75) is 95.3 Å². The van der Waals surface area contributed by atoms with Gasteiger partial charge in [-0.15, -0.1) is 11.6 Å². The summed E-state index contributed by atoms with van der Waals surface area (Å²) in [6.07, 6.45) is 12.8. The molecule has 0 bridgehead atoms. The molecule has 0 aromatic carbocycles. The molecule has 0 spiro atoms. The van der Waals surface area contributed by atoms with E-state index in [0.29, 0.717) is 11.5 Å². The fraction of sp³-hybridized carbons (Fsp3) is 1.00. The van der Waals surface area contributed by atoms with Gasteiger partial charge in [-0.05, 0) is 56.8 Å². The number of rotatable bonds is 4. The Bertz CT molecular complexity index is 325. The predicted molar refractivity (Wildman–Crippen MR) is 90.7 cm³/mol. The van der Waals surface area contributed by atoms with E-state index in [0.717, 1.165) is 23.9 Å². The quantitative estimate of drug-likeness (QED) is 0.775. The SMILES string of the molecule is CC(C)CC1NC2CCCCC2N1CC1CCC(Cl)CC1. The molecule has 3 rings (SSSR count). The average Bonchev–Trinajstić information content (AvgIpc) is 2.78. The molecule has 0 aromatic rings. The number of fused-ring (bicyclic) bond motifs is 1. The van der Waals surface area contributed by atoms with Crippen LogP contribution in [0.15, 0.2) is 0 Å². The van der Waals surface area contributed by atoms with E-state index >= 15 is 0 Å². The summed E-state index contributed by atoms with van der Waals surface area (Å²) in [5, 5.41) is 4.42. The molecule has 0 aromatic heterocycles.